The highest BCUT2D eigenvalue weighted by Gasteiger charge is 2.56. The Kier molecular flexibility index (Phi) is 8.67. The zero-order valence-electron chi connectivity index (χ0n) is 20.1. The third-order valence-electron chi connectivity index (χ3n) is 6.73. The van der Waals surface area contributed by atoms with Gasteiger partial charge in [-0.05, 0) is 41.8 Å². The van der Waals surface area contributed by atoms with E-state index in [4.69, 9.17) is 21.0 Å². The molecule has 2 aromatic rings. The molecule has 0 spiro atoms. The second-order valence-corrected chi connectivity index (χ2v) is 8.94. The number of carboxylic acids is 1. The number of amides is 2. The number of nitrogen functional groups attached to an aromatic ring is 1. The number of aliphatic carboxylic acids is 1. The fourth-order valence-electron chi connectivity index (χ4n) is 4.65. The highest BCUT2D eigenvalue weighted by molar-refractivity contribution is 6.26. The van der Waals surface area contributed by atoms with Crippen LogP contribution < -0.4 is 10.6 Å². The van der Waals surface area contributed by atoms with Crippen molar-refractivity contribution >= 4 is 47.5 Å². The summed E-state index contributed by atoms with van der Waals surface area (Å²) in [6.07, 6.45) is -0.0328. The van der Waals surface area contributed by atoms with Crippen molar-refractivity contribution in [3.8, 4) is 0 Å². The number of anilines is 1. The van der Waals surface area contributed by atoms with E-state index in [0.717, 1.165) is 5.56 Å². The lowest BCUT2D eigenvalue weighted by Gasteiger charge is -2.32. The molecule has 0 radical (unpaired) electrons. The topological polar surface area (TPSA) is 154 Å². The zero-order valence-corrected chi connectivity index (χ0v) is 21.0. The molecular weight excluding hydrogens is 500 g/mol. The third-order valence-corrected chi connectivity index (χ3v) is 6.73. The Hall–Kier alpha value is -3.76. The number of ether oxygens (including phenoxy) is 1. The maximum atomic E-state index is 13.9. The van der Waals surface area contributed by atoms with E-state index in [9.17, 15) is 19.2 Å². The molecule has 0 aromatic heterocycles. The summed E-state index contributed by atoms with van der Waals surface area (Å²) in [5.74, 6) is -2.22. The van der Waals surface area contributed by atoms with E-state index >= 15 is 0 Å². The zero-order chi connectivity index (χ0) is 25.9. The van der Waals surface area contributed by atoms with Crippen molar-refractivity contribution < 1.29 is 29.0 Å². The van der Waals surface area contributed by atoms with Gasteiger partial charge in [0.2, 0.25) is 11.8 Å². The Balaban J connectivity index is 0.00000380. The van der Waals surface area contributed by atoms with Crippen LogP contribution in [0.4, 0.5) is 5.69 Å². The standard InChI is InChI=1S/C26H28N4O6.ClH/c27-24(28)18-4-8-20(9-5-18)30-16-21(31)26(25(30)35,15-22(32)29-11-13-36-14-12-29)19-6-1-17(2-7-19)3-10-23(33)34;/h1-2,4-9H,3,10-16H2,(H3,27,28)(H,33,34);1H. The predicted molar refractivity (Wildman–Crippen MR) is 138 cm³/mol. The van der Waals surface area contributed by atoms with Crippen LogP contribution in [0, 0.1) is 5.41 Å². The van der Waals surface area contributed by atoms with Gasteiger partial charge < -0.3 is 25.4 Å². The molecule has 4 N–H and O–H groups in total. The normalized spacial score (nSPS) is 19.5. The number of carbonyl (C=O) groups is 4. The molecule has 11 heteroatoms. The van der Waals surface area contributed by atoms with Crippen molar-refractivity contribution in [1.29, 1.82) is 5.41 Å². The van der Waals surface area contributed by atoms with Crippen molar-refractivity contribution in [3.63, 3.8) is 0 Å². The second kappa shape index (κ2) is 11.5. The van der Waals surface area contributed by atoms with Crippen LogP contribution in [0.5, 0.6) is 0 Å². The summed E-state index contributed by atoms with van der Waals surface area (Å²) in [5.41, 5.74) is 5.95. The highest BCUT2D eigenvalue weighted by Crippen LogP contribution is 2.39. The number of aryl methyl sites for hydroxylation is 1. The Labute approximate surface area is 220 Å². The van der Waals surface area contributed by atoms with Gasteiger partial charge in [0.25, 0.3) is 0 Å². The van der Waals surface area contributed by atoms with E-state index in [0.29, 0.717) is 49.5 Å². The highest BCUT2D eigenvalue weighted by atomic mass is 35.5. The van der Waals surface area contributed by atoms with E-state index in [1.165, 1.54) is 4.90 Å². The van der Waals surface area contributed by atoms with Crippen molar-refractivity contribution in [2.45, 2.75) is 24.7 Å². The molecule has 2 aliphatic rings. The number of hydrogen-bond acceptors (Lipinski definition) is 6. The molecular formula is C26H29ClN4O6. The average Bonchev–Trinajstić information content (AvgIpc) is 3.13. The first-order chi connectivity index (χ1) is 17.2. The van der Waals surface area contributed by atoms with E-state index in [1.54, 1.807) is 53.4 Å². The first kappa shape index (κ1) is 27.8. The van der Waals surface area contributed by atoms with Crippen LogP contribution in [0.15, 0.2) is 48.5 Å². The molecule has 2 saturated heterocycles. The maximum absolute atomic E-state index is 13.9. The minimum absolute atomic E-state index is 0. The van der Waals surface area contributed by atoms with Crippen LogP contribution in [-0.4, -0.2) is 72.3 Å². The lowest BCUT2D eigenvalue weighted by molar-refractivity contribution is -0.142. The van der Waals surface area contributed by atoms with Crippen LogP contribution in [0.25, 0.3) is 0 Å². The molecule has 0 bridgehead atoms. The lowest BCUT2D eigenvalue weighted by atomic mass is 9.74. The Morgan fingerprint density at radius 2 is 1.65 bits per heavy atom. The third kappa shape index (κ3) is 5.65. The van der Waals surface area contributed by atoms with E-state index < -0.39 is 17.3 Å². The molecule has 0 aliphatic carbocycles. The quantitative estimate of drug-likeness (QED) is 0.266. The Morgan fingerprint density at radius 1 is 1.03 bits per heavy atom. The van der Waals surface area contributed by atoms with Crippen LogP contribution in [0.2, 0.25) is 0 Å². The SMILES string of the molecule is Cl.N=C(N)c1ccc(N2CC(=O)C(CC(=O)N3CCOCC3)(c3ccc(CCC(=O)O)cc3)C2=O)cc1. The lowest BCUT2D eigenvalue weighted by Crippen LogP contribution is -2.48. The number of carboxylic acid groups (broad SMARTS) is 1. The van der Waals surface area contributed by atoms with Crippen LogP contribution in [0.1, 0.15) is 29.5 Å². The second-order valence-electron chi connectivity index (χ2n) is 8.94. The summed E-state index contributed by atoms with van der Waals surface area (Å²) in [4.78, 5) is 54.7. The first-order valence-electron chi connectivity index (χ1n) is 11.7. The molecule has 2 aliphatic heterocycles. The number of amidine groups is 1. The van der Waals surface area contributed by atoms with Gasteiger partial charge in [0.15, 0.2) is 5.78 Å². The van der Waals surface area contributed by atoms with Gasteiger partial charge in [0.05, 0.1) is 26.2 Å². The van der Waals surface area contributed by atoms with Gasteiger partial charge in [-0.15, -0.1) is 12.4 Å². The summed E-state index contributed by atoms with van der Waals surface area (Å²) in [6.45, 7) is 1.37. The molecule has 2 amide bonds. The average molecular weight is 529 g/mol. The van der Waals surface area contributed by atoms with Gasteiger partial charge in [0, 0.05) is 30.8 Å². The van der Waals surface area contributed by atoms with Gasteiger partial charge in [0.1, 0.15) is 11.3 Å². The number of hydrogen-bond donors (Lipinski definition) is 3. The number of nitrogens with zero attached hydrogens (tertiary/aromatic N) is 2. The Bertz CT molecular complexity index is 1190. The first-order valence-corrected chi connectivity index (χ1v) is 11.7. The summed E-state index contributed by atoms with van der Waals surface area (Å²) >= 11 is 0. The van der Waals surface area contributed by atoms with Gasteiger partial charge in [-0.3, -0.25) is 24.6 Å². The molecule has 1 unspecified atom stereocenters. The number of Topliss-reactive ketones (excluding diaryl/α,β-unsaturated/α-hetero) is 1. The fourth-order valence-corrected chi connectivity index (χ4v) is 4.65. The molecule has 196 valence electrons. The van der Waals surface area contributed by atoms with E-state index in [1.807, 2.05) is 0 Å². The molecule has 2 fully saturated rings. The monoisotopic (exact) mass is 528 g/mol. The number of nitrogens with one attached hydrogen (secondary N) is 1. The smallest absolute Gasteiger partial charge is 0.303 e. The predicted octanol–water partition coefficient (Wildman–Crippen LogP) is 1.51. The summed E-state index contributed by atoms with van der Waals surface area (Å²) in [5, 5.41) is 16.5. The van der Waals surface area contributed by atoms with Gasteiger partial charge >= 0.3 is 5.97 Å². The molecule has 2 heterocycles. The van der Waals surface area contributed by atoms with Crippen molar-refractivity contribution in [1.82, 2.24) is 4.90 Å². The summed E-state index contributed by atoms with van der Waals surface area (Å²) in [6, 6.07) is 13.1. The number of halogens is 1. The number of benzene rings is 2. The van der Waals surface area contributed by atoms with E-state index in [2.05, 4.69) is 0 Å². The number of rotatable bonds is 8. The van der Waals surface area contributed by atoms with Crippen molar-refractivity contribution in [2.75, 3.05) is 37.7 Å². The summed E-state index contributed by atoms with van der Waals surface area (Å²) < 4.78 is 5.32. The van der Waals surface area contributed by atoms with Crippen LogP contribution >= 0.6 is 12.4 Å². The number of ketones is 1. The molecule has 4 rings (SSSR count). The molecule has 1 atom stereocenters. The molecule has 0 saturated carbocycles. The van der Waals surface area contributed by atoms with Gasteiger partial charge in [-0.1, -0.05) is 24.3 Å². The largest absolute Gasteiger partial charge is 0.481 e. The van der Waals surface area contributed by atoms with Crippen LogP contribution in [-0.2, 0) is 35.8 Å². The van der Waals surface area contributed by atoms with Gasteiger partial charge in [-0.25, -0.2) is 0 Å². The number of carbonyl (C=O) groups excluding carboxylic acids is 3. The molecule has 10 nitrogen and oxygen atoms in total. The number of morpholine rings is 1. The van der Waals surface area contributed by atoms with Crippen LogP contribution in [0.3, 0.4) is 0 Å². The van der Waals surface area contributed by atoms with Crippen molar-refractivity contribution in [2.24, 2.45) is 5.73 Å². The Morgan fingerprint density at radius 3 is 2.22 bits per heavy atom. The van der Waals surface area contributed by atoms with Gasteiger partial charge in [-0.2, -0.15) is 0 Å². The minimum atomic E-state index is -1.69. The number of nitrogens with two attached hydrogens (primary N) is 1. The maximum Gasteiger partial charge on any atom is 0.303 e. The molecule has 2 aromatic carbocycles. The van der Waals surface area contributed by atoms with E-state index in [-0.39, 0.29) is 49.3 Å². The van der Waals surface area contributed by atoms with Crippen molar-refractivity contribution in [3.05, 3.63) is 65.2 Å². The molecule has 37 heavy (non-hydrogen) atoms. The fraction of sp³-hybridized carbons (Fsp3) is 0.346. The minimum Gasteiger partial charge on any atom is -0.481 e. The summed E-state index contributed by atoms with van der Waals surface area (Å²) in [7, 11) is 0.